The summed E-state index contributed by atoms with van der Waals surface area (Å²) in [5.74, 6) is 0.0299. The molecule has 0 saturated carbocycles. The standard InChI is InChI=1S/C19H26N2O2/c1-12(2)21-10-4-5-14-16(21)7-8-17-19(14)15(11-23-17)13(3)6-9-18(20)22/h7-8,11-13H,4-6,9-10H2,1-3H3,(H2,20,22). The maximum absolute atomic E-state index is 11.1. The number of hydrogen-bond donors (Lipinski definition) is 1. The molecule has 4 nitrogen and oxygen atoms in total. The average molecular weight is 314 g/mol. The Hall–Kier alpha value is -1.97. The number of nitrogens with two attached hydrogens (primary N) is 1. The van der Waals surface area contributed by atoms with Crippen molar-refractivity contribution >= 4 is 22.6 Å². The highest BCUT2D eigenvalue weighted by Gasteiger charge is 2.24. The van der Waals surface area contributed by atoms with Gasteiger partial charge in [0.15, 0.2) is 0 Å². The van der Waals surface area contributed by atoms with Gasteiger partial charge in [0, 0.05) is 35.6 Å². The van der Waals surface area contributed by atoms with Crippen molar-refractivity contribution in [1.29, 1.82) is 0 Å². The lowest BCUT2D eigenvalue weighted by atomic mass is 9.89. The van der Waals surface area contributed by atoms with Gasteiger partial charge in [-0.05, 0) is 56.7 Å². The van der Waals surface area contributed by atoms with E-state index in [0.717, 1.165) is 25.0 Å². The van der Waals surface area contributed by atoms with Crippen molar-refractivity contribution in [2.24, 2.45) is 5.73 Å². The minimum atomic E-state index is -0.238. The SMILES string of the molecule is CC(CCC(N)=O)c1coc2ccc3c(c12)CCCN3C(C)C. The number of furan rings is 1. The van der Waals surface area contributed by atoms with E-state index >= 15 is 0 Å². The first-order valence-electron chi connectivity index (χ1n) is 8.57. The molecule has 0 spiro atoms. The Morgan fingerprint density at radius 1 is 1.35 bits per heavy atom. The number of anilines is 1. The molecule has 0 aliphatic carbocycles. The lowest BCUT2D eigenvalue weighted by Gasteiger charge is -2.35. The molecule has 2 heterocycles. The monoisotopic (exact) mass is 314 g/mol. The van der Waals surface area contributed by atoms with Gasteiger partial charge in [0.2, 0.25) is 5.91 Å². The topological polar surface area (TPSA) is 59.5 Å². The molecule has 0 fully saturated rings. The highest BCUT2D eigenvalue weighted by atomic mass is 16.3. The third kappa shape index (κ3) is 2.94. The summed E-state index contributed by atoms with van der Waals surface area (Å²) in [4.78, 5) is 13.6. The van der Waals surface area contributed by atoms with Gasteiger partial charge < -0.3 is 15.1 Å². The molecule has 0 radical (unpaired) electrons. The van der Waals surface area contributed by atoms with Crippen molar-refractivity contribution in [3.63, 3.8) is 0 Å². The van der Waals surface area contributed by atoms with Crippen LogP contribution in [0.1, 0.15) is 57.1 Å². The summed E-state index contributed by atoms with van der Waals surface area (Å²) in [6.45, 7) is 7.74. The molecule has 1 atom stereocenters. The van der Waals surface area contributed by atoms with Crippen LogP contribution in [0.3, 0.4) is 0 Å². The summed E-state index contributed by atoms with van der Waals surface area (Å²) in [6.07, 6.45) is 5.31. The summed E-state index contributed by atoms with van der Waals surface area (Å²) in [7, 11) is 0. The number of nitrogens with zero attached hydrogens (tertiary/aromatic N) is 1. The Morgan fingerprint density at radius 2 is 2.13 bits per heavy atom. The Balaban J connectivity index is 2.04. The third-order valence-electron chi connectivity index (χ3n) is 4.96. The fourth-order valence-electron chi connectivity index (χ4n) is 3.70. The molecular weight excluding hydrogens is 288 g/mol. The predicted octanol–water partition coefficient (Wildman–Crippen LogP) is 3.96. The second-order valence-corrected chi connectivity index (χ2v) is 6.92. The van der Waals surface area contributed by atoms with E-state index in [1.807, 2.05) is 6.26 Å². The van der Waals surface area contributed by atoms with E-state index in [4.69, 9.17) is 10.2 Å². The van der Waals surface area contributed by atoms with Crippen molar-refractivity contribution in [3.05, 3.63) is 29.5 Å². The zero-order valence-electron chi connectivity index (χ0n) is 14.3. The molecule has 1 amide bonds. The fraction of sp³-hybridized carbons (Fsp3) is 0.526. The van der Waals surface area contributed by atoms with Crippen LogP contribution >= 0.6 is 0 Å². The lowest BCUT2D eigenvalue weighted by molar-refractivity contribution is -0.118. The molecule has 1 aliphatic rings. The van der Waals surface area contributed by atoms with Crippen molar-refractivity contribution in [2.75, 3.05) is 11.4 Å². The number of rotatable bonds is 5. The van der Waals surface area contributed by atoms with Gasteiger partial charge in [0.25, 0.3) is 0 Å². The van der Waals surface area contributed by atoms with Crippen LogP contribution in [-0.2, 0) is 11.2 Å². The zero-order chi connectivity index (χ0) is 16.6. The summed E-state index contributed by atoms with van der Waals surface area (Å²) < 4.78 is 5.80. The highest BCUT2D eigenvalue weighted by molar-refractivity contribution is 5.90. The number of amides is 1. The number of hydrogen-bond acceptors (Lipinski definition) is 3. The van der Waals surface area contributed by atoms with Crippen molar-refractivity contribution < 1.29 is 9.21 Å². The number of primary amides is 1. The average Bonchev–Trinajstić information content (AvgIpc) is 2.96. The van der Waals surface area contributed by atoms with E-state index < -0.39 is 0 Å². The van der Waals surface area contributed by atoms with Crippen LogP contribution < -0.4 is 10.6 Å². The lowest BCUT2D eigenvalue weighted by Crippen LogP contribution is -2.35. The van der Waals surface area contributed by atoms with Crippen LogP contribution in [0, 0.1) is 0 Å². The van der Waals surface area contributed by atoms with E-state index in [-0.39, 0.29) is 11.8 Å². The molecule has 1 aromatic heterocycles. The number of fused-ring (bicyclic) bond motifs is 3. The number of carbonyl (C=O) groups excluding carboxylic acids is 1. The van der Waals surface area contributed by atoms with E-state index in [2.05, 4.69) is 37.8 Å². The van der Waals surface area contributed by atoms with Gasteiger partial charge in [0.1, 0.15) is 5.58 Å². The molecule has 1 aromatic carbocycles. The van der Waals surface area contributed by atoms with E-state index in [0.29, 0.717) is 12.5 Å². The van der Waals surface area contributed by atoms with Gasteiger partial charge in [-0.3, -0.25) is 4.79 Å². The molecule has 2 aromatic rings. The number of benzene rings is 1. The van der Waals surface area contributed by atoms with Crippen molar-refractivity contribution in [3.8, 4) is 0 Å². The summed E-state index contributed by atoms with van der Waals surface area (Å²) in [5.41, 5.74) is 10.2. The quantitative estimate of drug-likeness (QED) is 0.908. The van der Waals surface area contributed by atoms with Gasteiger partial charge >= 0.3 is 0 Å². The Kier molecular flexibility index (Phi) is 4.33. The third-order valence-corrected chi connectivity index (χ3v) is 4.96. The number of carbonyl (C=O) groups is 1. The molecule has 2 N–H and O–H groups in total. The molecule has 0 bridgehead atoms. The van der Waals surface area contributed by atoms with Gasteiger partial charge in [-0.1, -0.05) is 6.92 Å². The molecule has 124 valence electrons. The van der Waals surface area contributed by atoms with Gasteiger partial charge in [-0.15, -0.1) is 0 Å². The van der Waals surface area contributed by atoms with E-state index in [1.54, 1.807) is 0 Å². The molecular formula is C19H26N2O2. The Bertz CT molecular complexity index is 717. The molecule has 1 unspecified atom stereocenters. The van der Waals surface area contributed by atoms with Crippen LogP contribution in [-0.4, -0.2) is 18.5 Å². The number of aryl methyl sites for hydroxylation is 1. The molecule has 1 aliphatic heterocycles. The largest absolute Gasteiger partial charge is 0.464 e. The zero-order valence-corrected chi connectivity index (χ0v) is 14.3. The van der Waals surface area contributed by atoms with Crippen LogP contribution in [0.5, 0.6) is 0 Å². The maximum Gasteiger partial charge on any atom is 0.217 e. The first kappa shape index (κ1) is 15.9. The summed E-state index contributed by atoms with van der Waals surface area (Å²) >= 11 is 0. The van der Waals surface area contributed by atoms with Gasteiger partial charge in [0.05, 0.1) is 6.26 Å². The fourth-order valence-corrected chi connectivity index (χ4v) is 3.70. The maximum atomic E-state index is 11.1. The van der Waals surface area contributed by atoms with Crippen LogP contribution in [0.25, 0.3) is 11.0 Å². The predicted molar refractivity (Wildman–Crippen MR) is 93.9 cm³/mol. The van der Waals surface area contributed by atoms with E-state index in [9.17, 15) is 4.79 Å². The minimum Gasteiger partial charge on any atom is -0.464 e. The molecule has 3 rings (SSSR count). The van der Waals surface area contributed by atoms with Crippen LogP contribution in [0.15, 0.2) is 22.8 Å². The first-order valence-corrected chi connectivity index (χ1v) is 8.57. The van der Waals surface area contributed by atoms with Crippen molar-refractivity contribution in [1.82, 2.24) is 0 Å². The second kappa shape index (κ2) is 6.26. The van der Waals surface area contributed by atoms with Crippen LogP contribution in [0.4, 0.5) is 5.69 Å². The van der Waals surface area contributed by atoms with Crippen molar-refractivity contribution in [2.45, 2.75) is 58.4 Å². The van der Waals surface area contributed by atoms with Gasteiger partial charge in [-0.2, -0.15) is 0 Å². The second-order valence-electron chi connectivity index (χ2n) is 6.92. The Morgan fingerprint density at radius 3 is 2.83 bits per heavy atom. The Labute approximate surface area is 137 Å². The molecule has 4 heteroatoms. The summed E-state index contributed by atoms with van der Waals surface area (Å²) in [5, 5.41) is 1.25. The molecule has 23 heavy (non-hydrogen) atoms. The summed E-state index contributed by atoms with van der Waals surface area (Å²) in [6, 6.07) is 4.77. The van der Waals surface area contributed by atoms with E-state index in [1.165, 1.54) is 28.6 Å². The minimum absolute atomic E-state index is 0.238. The molecule has 0 saturated heterocycles. The smallest absolute Gasteiger partial charge is 0.217 e. The van der Waals surface area contributed by atoms with Gasteiger partial charge in [-0.25, -0.2) is 0 Å². The first-order chi connectivity index (χ1) is 11.0. The normalized spacial score (nSPS) is 15.9. The van der Waals surface area contributed by atoms with Crippen LogP contribution in [0.2, 0.25) is 0 Å². The highest BCUT2D eigenvalue weighted by Crippen LogP contribution is 2.40.